The van der Waals surface area contributed by atoms with Crippen LogP contribution >= 0.6 is 0 Å². The van der Waals surface area contributed by atoms with Gasteiger partial charge in [-0.1, -0.05) is 19.4 Å². The van der Waals surface area contributed by atoms with E-state index >= 15 is 0 Å². The van der Waals surface area contributed by atoms with Crippen LogP contribution in [0.3, 0.4) is 0 Å². The Bertz CT molecular complexity index is 1220. The molecule has 0 radical (unpaired) electrons. The Hall–Kier alpha value is -3.15. The molecule has 0 aliphatic heterocycles. The number of rotatable bonds is 7. The molecule has 0 unspecified atom stereocenters. The molecule has 2 heterocycles. The Morgan fingerprint density at radius 1 is 1.17 bits per heavy atom. The van der Waals surface area contributed by atoms with Crippen molar-refractivity contribution in [1.82, 2.24) is 14.5 Å². The smallest absolute Gasteiger partial charge is 0.302 e. The van der Waals surface area contributed by atoms with Crippen molar-refractivity contribution in [2.45, 2.75) is 44.9 Å². The van der Waals surface area contributed by atoms with E-state index in [1.807, 2.05) is 35.9 Å². The Morgan fingerprint density at radius 2 is 2.03 bits per heavy atom. The summed E-state index contributed by atoms with van der Waals surface area (Å²) in [6.07, 6.45) is 5.01. The van der Waals surface area contributed by atoms with Gasteiger partial charge < -0.3 is 8.98 Å². The number of anilines is 2. The van der Waals surface area contributed by atoms with Gasteiger partial charge in [-0.3, -0.25) is 10.1 Å². The monoisotopic (exact) mass is 388 g/mol. The lowest BCUT2D eigenvalue weighted by atomic mass is 10.1. The van der Waals surface area contributed by atoms with Crippen LogP contribution in [0.25, 0.3) is 22.1 Å². The normalized spacial score (nSPS) is 14.0. The van der Waals surface area contributed by atoms with Crippen LogP contribution in [-0.2, 0) is 7.05 Å². The molecule has 6 nitrogen and oxygen atoms in total. The molecule has 4 aromatic rings. The quantitative estimate of drug-likeness (QED) is 0.411. The van der Waals surface area contributed by atoms with E-state index in [1.54, 1.807) is 0 Å². The van der Waals surface area contributed by atoms with Gasteiger partial charge in [0.15, 0.2) is 11.4 Å². The molecule has 29 heavy (non-hydrogen) atoms. The molecule has 1 aliphatic carbocycles. The van der Waals surface area contributed by atoms with Gasteiger partial charge in [0.1, 0.15) is 5.52 Å². The number of ketones is 1. The molecule has 0 amide bonds. The van der Waals surface area contributed by atoms with Crippen LogP contribution in [0.1, 0.15) is 60.9 Å². The predicted molar refractivity (Wildman–Crippen MR) is 114 cm³/mol. The SMILES string of the molecule is CCCCC(=O)c1ccc2c(c1)nc(Nc1nc3ccc(C4CC4)cc3o1)n2C. The predicted octanol–water partition coefficient (Wildman–Crippen LogP) is 5.71. The van der Waals surface area contributed by atoms with Crippen LogP contribution in [0.15, 0.2) is 40.8 Å². The van der Waals surface area contributed by atoms with Crippen LogP contribution in [0.2, 0.25) is 0 Å². The van der Waals surface area contributed by atoms with Crippen molar-refractivity contribution in [3.8, 4) is 0 Å². The van der Waals surface area contributed by atoms with E-state index in [1.165, 1.54) is 18.4 Å². The number of hydrogen-bond donors (Lipinski definition) is 1. The van der Waals surface area contributed by atoms with Crippen molar-refractivity contribution >= 4 is 39.9 Å². The maximum Gasteiger partial charge on any atom is 0.302 e. The fourth-order valence-electron chi connectivity index (χ4n) is 3.73. The van der Waals surface area contributed by atoms with Gasteiger partial charge in [-0.2, -0.15) is 4.98 Å². The Balaban J connectivity index is 1.43. The fraction of sp³-hybridized carbons (Fsp3) is 0.348. The van der Waals surface area contributed by atoms with Crippen molar-refractivity contribution < 1.29 is 9.21 Å². The van der Waals surface area contributed by atoms with Crippen LogP contribution in [0.5, 0.6) is 0 Å². The van der Waals surface area contributed by atoms with E-state index in [9.17, 15) is 4.79 Å². The average Bonchev–Trinajstić information content (AvgIpc) is 3.43. The minimum Gasteiger partial charge on any atom is -0.423 e. The standard InChI is InChI=1S/C23H24N4O2/c1-3-4-5-20(28)16-9-11-19-18(12-16)24-22(27(19)2)26-23-25-17-10-8-15(14-6-7-14)13-21(17)29-23/h8-14H,3-7H2,1-2H3,(H,24,25,26). The molecule has 6 heteroatoms. The number of fused-ring (bicyclic) bond motifs is 2. The van der Waals surface area contributed by atoms with E-state index in [4.69, 9.17) is 4.42 Å². The summed E-state index contributed by atoms with van der Waals surface area (Å²) in [5.74, 6) is 1.47. The van der Waals surface area contributed by atoms with E-state index in [0.717, 1.165) is 35.0 Å². The summed E-state index contributed by atoms with van der Waals surface area (Å²) in [6, 6.07) is 12.4. The number of aryl methyl sites for hydroxylation is 1. The number of nitrogens with one attached hydrogen (secondary N) is 1. The molecule has 0 bridgehead atoms. The summed E-state index contributed by atoms with van der Waals surface area (Å²) in [4.78, 5) is 21.5. The topological polar surface area (TPSA) is 73.0 Å². The number of aromatic nitrogens is 3. The maximum absolute atomic E-state index is 12.3. The molecule has 1 saturated carbocycles. The highest BCUT2D eigenvalue weighted by Gasteiger charge is 2.24. The second-order valence-corrected chi connectivity index (χ2v) is 7.87. The Morgan fingerprint density at radius 3 is 2.83 bits per heavy atom. The van der Waals surface area contributed by atoms with Crippen molar-refractivity contribution in [2.75, 3.05) is 5.32 Å². The fourth-order valence-corrected chi connectivity index (χ4v) is 3.73. The zero-order chi connectivity index (χ0) is 20.0. The zero-order valence-corrected chi connectivity index (χ0v) is 16.7. The number of carbonyl (C=O) groups excluding carboxylic acids is 1. The molecule has 5 rings (SSSR count). The molecule has 148 valence electrons. The molecule has 1 aliphatic rings. The number of unbranched alkanes of at least 4 members (excludes halogenated alkanes) is 1. The van der Waals surface area contributed by atoms with Crippen molar-refractivity contribution in [2.24, 2.45) is 7.05 Å². The van der Waals surface area contributed by atoms with Gasteiger partial charge in [0.2, 0.25) is 5.95 Å². The summed E-state index contributed by atoms with van der Waals surface area (Å²) < 4.78 is 7.86. The number of imidazole rings is 1. The summed E-state index contributed by atoms with van der Waals surface area (Å²) in [5.41, 5.74) is 5.39. The molecule has 0 atom stereocenters. The molecule has 0 saturated heterocycles. The number of nitrogens with zero attached hydrogens (tertiary/aromatic N) is 3. The number of oxazole rings is 1. The van der Waals surface area contributed by atoms with Gasteiger partial charge in [0.25, 0.3) is 0 Å². The number of Topliss-reactive ketones (excluding diaryl/α,β-unsaturated/α-hetero) is 1. The van der Waals surface area contributed by atoms with Gasteiger partial charge in [-0.15, -0.1) is 0 Å². The minimum absolute atomic E-state index is 0.166. The van der Waals surface area contributed by atoms with Crippen molar-refractivity contribution in [1.29, 1.82) is 0 Å². The first kappa shape index (κ1) is 17.9. The summed E-state index contributed by atoms with van der Waals surface area (Å²) in [5, 5.41) is 3.19. The molecule has 2 aromatic carbocycles. The Labute approximate surface area is 168 Å². The van der Waals surface area contributed by atoms with Crippen molar-refractivity contribution in [3.05, 3.63) is 47.5 Å². The van der Waals surface area contributed by atoms with Crippen LogP contribution < -0.4 is 5.32 Å². The third-order valence-electron chi connectivity index (χ3n) is 5.64. The van der Waals surface area contributed by atoms with Gasteiger partial charge in [0.05, 0.1) is 11.0 Å². The Kier molecular flexibility index (Phi) is 4.34. The van der Waals surface area contributed by atoms with Gasteiger partial charge in [-0.25, -0.2) is 4.98 Å². The molecule has 0 spiro atoms. The number of hydrogen-bond acceptors (Lipinski definition) is 5. The van der Waals surface area contributed by atoms with Crippen LogP contribution in [0, 0.1) is 0 Å². The van der Waals surface area contributed by atoms with E-state index in [2.05, 4.69) is 34.3 Å². The lowest BCUT2D eigenvalue weighted by Crippen LogP contribution is -1.99. The molecule has 2 aromatic heterocycles. The second kappa shape index (κ2) is 7.03. The van der Waals surface area contributed by atoms with Gasteiger partial charge >= 0.3 is 6.01 Å². The third-order valence-corrected chi connectivity index (χ3v) is 5.64. The third kappa shape index (κ3) is 3.39. The first-order valence-electron chi connectivity index (χ1n) is 10.3. The average molecular weight is 388 g/mol. The summed E-state index contributed by atoms with van der Waals surface area (Å²) >= 11 is 0. The van der Waals surface area contributed by atoms with Crippen molar-refractivity contribution in [3.63, 3.8) is 0 Å². The van der Waals surface area contributed by atoms with Gasteiger partial charge in [-0.05, 0) is 61.1 Å². The lowest BCUT2D eigenvalue weighted by molar-refractivity contribution is 0.0980. The highest BCUT2D eigenvalue weighted by molar-refractivity contribution is 5.99. The van der Waals surface area contributed by atoms with Crippen LogP contribution in [-0.4, -0.2) is 20.3 Å². The molecule has 1 fully saturated rings. The second-order valence-electron chi connectivity index (χ2n) is 7.87. The number of carbonyl (C=O) groups is 1. The van der Waals surface area contributed by atoms with E-state index in [-0.39, 0.29) is 5.78 Å². The van der Waals surface area contributed by atoms with Crippen LogP contribution in [0.4, 0.5) is 12.0 Å². The molecular weight excluding hydrogens is 364 g/mol. The van der Waals surface area contributed by atoms with Gasteiger partial charge in [0, 0.05) is 19.0 Å². The summed E-state index contributed by atoms with van der Waals surface area (Å²) in [7, 11) is 1.93. The van der Waals surface area contributed by atoms with E-state index in [0.29, 0.717) is 29.9 Å². The first-order valence-corrected chi connectivity index (χ1v) is 10.3. The molecule has 1 N–H and O–H groups in total. The maximum atomic E-state index is 12.3. The largest absolute Gasteiger partial charge is 0.423 e. The highest BCUT2D eigenvalue weighted by atomic mass is 16.4. The minimum atomic E-state index is 0.166. The number of benzene rings is 2. The zero-order valence-electron chi connectivity index (χ0n) is 16.7. The highest BCUT2D eigenvalue weighted by Crippen LogP contribution is 2.41. The first-order chi connectivity index (χ1) is 14.1. The lowest BCUT2D eigenvalue weighted by Gasteiger charge is -2.02. The summed E-state index contributed by atoms with van der Waals surface area (Å²) in [6.45, 7) is 2.09. The molecular formula is C23H24N4O2. The van der Waals surface area contributed by atoms with E-state index < -0.39 is 0 Å².